The fraction of sp³-hybridized carbons (Fsp3) is 0.636. The molecule has 0 aliphatic carbocycles. The Kier molecular flexibility index (Phi) is 11.9. The van der Waals surface area contributed by atoms with Gasteiger partial charge in [0.2, 0.25) is 5.91 Å². The van der Waals surface area contributed by atoms with Crippen molar-refractivity contribution in [3.63, 3.8) is 0 Å². The molecule has 1 amide bonds. The molecule has 32 heavy (non-hydrogen) atoms. The van der Waals surface area contributed by atoms with Gasteiger partial charge in [-0.15, -0.1) is 24.0 Å². The van der Waals surface area contributed by atoms with E-state index in [0.717, 1.165) is 69.3 Å². The molecule has 1 fully saturated rings. The van der Waals surface area contributed by atoms with Gasteiger partial charge in [-0.25, -0.2) is 4.99 Å². The molecule has 0 atom stereocenters. The van der Waals surface area contributed by atoms with E-state index in [1.807, 2.05) is 18.2 Å². The number of benzene rings is 1. The molecule has 0 saturated carbocycles. The summed E-state index contributed by atoms with van der Waals surface area (Å²) in [6.07, 6.45) is 1.85. The Morgan fingerprint density at radius 2 is 1.91 bits per heavy atom. The van der Waals surface area contributed by atoms with Gasteiger partial charge in [0, 0.05) is 45.7 Å². The van der Waals surface area contributed by atoms with Crippen LogP contribution in [0.4, 0.5) is 0 Å². The third kappa shape index (κ3) is 8.62. The molecular formula is C22H36IN5O4. The molecule has 9 nitrogen and oxygen atoms in total. The maximum atomic E-state index is 12.0. The third-order valence-corrected chi connectivity index (χ3v) is 5.21. The van der Waals surface area contributed by atoms with Crippen LogP contribution < -0.4 is 20.1 Å². The number of carbonyl (C=O) groups is 1. The first-order valence-corrected chi connectivity index (χ1v) is 11.0. The van der Waals surface area contributed by atoms with Gasteiger partial charge in [-0.1, -0.05) is 12.1 Å². The Bertz CT molecular complexity index is 741. The van der Waals surface area contributed by atoms with Crippen LogP contribution in [-0.2, 0) is 16.1 Å². The van der Waals surface area contributed by atoms with Gasteiger partial charge in [0.15, 0.2) is 17.5 Å². The first kappa shape index (κ1) is 26.5. The molecule has 2 aliphatic heterocycles. The molecule has 2 N–H and O–H groups in total. The van der Waals surface area contributed by atoms with Gasteiger partial charge in [0.05, 0.1) is 39.5 Å². The van der Waals surface area contributed by atoms with Crippen molar-refractivity contribution in [2.45, 2.75) is 19.4 Å². The summed E-state index contributed by atoms with van der Waals surface area (Å²) in [6, 6.07) is 5.88. The molecule has 1 aromatic carbocycles. The number of aliphatic imine (C=N–C) groups is 1. The molecule has 0 radical (unpaired) electrons. The van der Waals surface area contributed by atoms with Crippen molar-refractivity contribution in [3.8, 4) is 11.5 Å². The summed E-state index contributed by atoms with van der Waals surface area (Å²) >= 11 is 0. The first-order valence-electron chi connectivity index (χ1n) is 11.0. The number of morpholine rings is 1. The molecule has 0 spiro atoms. The highest BCUT2D eigenvalue weighted by molar-refractivity contribution is 14.0. The number of carbonyl (C=O) groups excluding carboxylic acids is 1. The van der Waals surface area contributed by atoms with Crippen molar-refractivity contribution < 1.29 is 19.0 Å². The zero-order chi connectivity index (χ0) is 21.9. The number of guanidine groups is 1. The van der Waals surface area contributed by atoms with Crippen molar-refractivity contribution >= 4 is 35.8 Å². The van der Waals surface area contributed by atoms with E-state index >= 15 is 0 Å². The fourth-order valence-electron chi connectivity index (χ4n) is 3.37. The van der Waals surface area contributed by atoms with Crippen LogP contribution in [0.15, 0.2) is 23.2 Å². The van der Waals surface area contributed by atoms with Crippen LogP contribution >= 0.6 is 24.0 Å². The van der Waals surface area contributed by atoms with E-state index < -0.39 is 0 Å². The van der Waals surface area contributed by atoms with E-state index in [9.17, 15) is 4.79 Å². The van der Waals surface area contributed by atoms with Gasteiger partial charge in [0.25, 0.3) is 0 Å². The average Bonchev–Trinajstić information content (AvgIpc) is 3.04. The maximum Gasteiger partial charge on any atom is 0.241 e. The van der Waals surface area contributed by atoms with Gasteiger partial charge in [-0.2, -0.15) is 0 Å². The maximum absolute atomic E-state index is 12.0. The van der Waals surface area contributed by atoms with E-state index in [-0.39, 0.29) is 36.4 Å². The number of nitrogens with one attached hydrogen (secondary N) is 2. The van der Waals surface area contributed by atoms with Gasteiger partial charge in [-0.05, 0) is 19.0 Å². The topological polar surface area (TPSA) is 87.7 Å². The molecule has 0 aromatic heterocycles. The zero-order valence-corrected chi connectivity index (χ0v) is 21.4. The molecule has 2 heterocycles. The van der Waals surface area contributed by atoms with Crippen LogP contribution in [0.25, 0.3) is 0 Å². The van der Waals surface area contributed by atoms with Crippen LogP contribution in [0.1, 0.15) is 18.4 Å². The van der Waals surface area contributed by atoms with E-state index in [1.54, 1.807) is 19.0 Å². The lowest BCUT2D eigenvalue weighted by Gasteiger charge is -2.26. The van der Waals surface area contributed by atoms with Crippen LogP contribution in [0, 0.1) is 0 Å². The Hall–Kier alpha value is -1.79. The Balaban J connectivity index is 0.00000363. The quantitative estimate of drug-likeness (QED) is 0.214. The number of rotatable bonds is 8. The molecule has 0 unspecified atom stereocenters. The minimum absolute atomic E-state index is 0. The van der Waals surface area contributed by atoms with Gasteiger partial charge in [-0.3, -0.25) is 9.69 Å². The molecular weight excluding hydrogens is 525 g/mol. The van der Waals surface area contributed by atoms with Crippen molar-refractivity contribution in [1.82, 2.24) is 20.4 Å². The normalized spacial score (nSPS) is 16.5. The van der Waals surface area contributed by atoms with E-state index in [1.165, 1.54) is 0 Å². The van der Waals surface area contributed by atoms with E-state index in [4.69, 9.17) is 19.2 Å². The number of halogens is 1. The standard InChI is InChI=1S/C22H35N5O4.HI/c1-26(2)20(28)17-25-22(23-8-4-9-27-10-14-29-15-11-27)24-16-18-6-3-7-19-21(18)31-13-5-12-30-19;/h3,6-7H,4-5,8-17H2,1-2H3,(H2,23,24,25);1H. The number of fused-ring (bicyclic) bond motifs is 1. The molecule has 2 aliphatic rings. The first-order chi connectivity index (χ1) is 15.1. The number of likely N-dealkylation sites (N-methyl/N-ethyl adjacent to an activating group) is 1. The van der Waals surface area contributed by atoms with Gasteiger partial charge < -0.3 is 29.7 Å². The van der Waals surface area contributed by atoms with E-state index in [2.05, 4.69) is 15.5 Å². The minimum atomic E-state index is -0.00636. The van der Waals surface area contributed by atoms with Crippen LogP contribution in [0.5, 0.6) is 11.5 Å². The summed E-state index contributed by atoms with van der Waals surface area (Å²) in [7, 11) is 3.49. The van der Waals surface area contributed by atoms with Crippen molar-refractivity contribution in [1.29, 1.82) is 0 Å². The minimum Gasteiger partial charge on any atom is -0.490 e. The lowest BCUT2D eigenvalue weighted by atomic mass is 10.2. The molecule has 0 bridgehead atoms. The lowest BCUT2D eigenvalue weighted by Crippen LogP contribution is -2.44. The highest BCUT2D eigenvalue weighted by Gasteiger charge is 2.15. The third-order valence-electron chi connectivity index (χ3n) is 5.21. The molecule has 180 valence electrons. The molecule has 1 aromatic rings. The van der Waals surface area contributed by atoms with Crippen LogP contribution in [0.2, 0.25) is 0 Å². The Labute approximate surface area is 207 Å². The average molecular weight is 561 g/mol. The van der Waals surface area contributed by atoms with Gasteiger partial charge >= 0.3 is 0 Å². The second-order valence-electron chi connectivity index (χ2n) is 7.84. The highest BCUT2D eigenvalue weighted by atomic mass is 127. The Morgan fingerprint density at radius 3 is 2.69 bits per heavy atom. The van der Waals surface area contributed by atoms with E-state index in [0.29, 0.717) is 25.7 Å². The zero-order valence-electron chi connectivity index (χ0n) is 19.1. The summed E-state index contributed by atoms with van der Waals surface area (Å²) in [5.74, 6) is 2.14. The number of nitrogens with zero attached hydrogens (tertiary/aromatic N) is 3. The molecule has 3 rings (SSSR count). The summed E-state index contributed by atoms with van der Waals surface area (Å²) in [4.78, 5) is 20.7. The van der Waals surface area contributed by atoms with Crippen LogP contribution in [0.3, 0.4) is 0 Å². The molecule has 10 heteroatoms. The van der Waals surface area contributed by atoms with Crippen LogP contribution in [-0.4, -0.2) is 94.9 Å². The predicted molar refractivity (Wildman–Crippen MR) is 135 cm³/mol. The number of ether oxygens (including phenoxy) is 3. The lowest BCUT2D eigenvalue weighted by molar-refractivity contribution is -0.127. The monoisotopic (exact) mass is 561 g/mol. The second-order valence-corrected chi connectivity index (χ2v) is 7.84. The number of amides is 1. The SMILES string of the molecule is CN(C)C(=O)CNC(=NCc1cccc2c1OCCCO2)NCCCN1CCOCC1.I. The summed E-state index contributed by atoms with van der Waals surface area (Å²) in [5, 5.41) is 6.50. The number of hydrogen-bond acceptors (Lipinski definition) is 6. The summed E-state index contributed by atoms with van der Waals surface area (Å²) in [5.41, 5.74) is 0.966. The Morgan fingerprint density at radius 1 is 1.12 bits per heavy atom. The van der Waals surface area contributed by atoms with Crippen molar-refractivity contribution in [2.75, 3.05) is 73.2 Å². The number of hydrogen-bond donors (Lipinski definition) is 2. The fourth-order valence-corrected chi connectivity index (χ4v) is 3.37. The molecule has 1 saturated heterocycles. The number of para-hydroxylation sites is 1. The smallest absolute Gasteiger partial charge is 0.241 e. The largest absolute Gasteiger partial charge is 0.490 e. The van der Waals surface area contributed by atoms with Crippen molar-refractivity contribution in [2.24, 2.45) is 4.99 Å². The summed E-state index contributed by atoms with van der Waals surface area (Å²) in [6.45, 7) is 7.28. The van der Waals surface area contributed by atoms with Crippen molar-refractivity contribution in [3.05, 3.63) is 23.8 Å². The van der Waals surface area contributed by atoms with Gasteiger partial charge in [0.1, 0.15) is 0 Å². The predicted octanol–water partition coefficient (Wildman–Crippen LogP) is 1.31. The highest BCUT2D eigenvalue weighted by Crippen LogP contribution is 2.33. The summed E-state index contributed by atoms with van der Waals surface area (Å²) < 4.78 is 17.1. The second kappa shape index (κ2) is 14.4.